The first-order chi connectivity index (χ1) is 11.7. The molecule has 0 radical (unpaired) electrons. The summed E-state index contributed by atoms with van der Waals surface area (Å²) in [5.74, 6) is 0.642. The number of nitrogens with one attached hydrogen (secondary N) is 2. The Morgan fingerprint density at radius 2 is 2.21 bits per heavy atom. The van der Waals surface area contributed by atoms with Crippen molar-refractivity contribution in [3.63, 3.8) is 0 Å². The van der Waals surface area contributed by atoms with Crippen LogP contribution in [0.1, 0.15) is 5.56 Å². The molecule has 1 aliphatic rings. The molecule has 1 aromatic carbocycles. The van der Waals surface area contributed by atoms with Crippen LogP contribution in [-0.4, -0.2) is 60.0 Å². The fourth-order valence-electron chi connectivity index (χ4n) is 2.59. The number of aryl methyl sites for hydroxylation is 1. The number of ether oxygens (including phenoxy) is 1. The van der Waals surface area contributed by atoms with Gasteiger partial charge in [0.05, 0.1) is 13.2 Å². The highest BCUT2D eigenvalue weighted by atomic mass is 32.2. The number of quaternary nitrogens is 1. The zero-order valence-electron chi connectivity index (χ0n) is 13.7. The largest absolute Gasteiger partial charge is 0.386 e. The maximum absolute atomic E-state index is 10.2. The van der Waals surface area contributed by atoms with Gasteiger partial charge in [0.25, 0.3) is 0 Å². The molecule has 24 heavy (non-hydrogen) atoms. The molecule has 1 saturated heterocycles. The van der Waals surface area contributed by atoms with Crippen molar-refractivity contribution in [2.24, 2.45) is 0 Å². The van der Waals surface area contributed by atoms with Crippen LogP contribution in [0.5, 0.6) is 0 Å². The van der Waals surface area contributed by atoms with E-state index in [-0.39, 0.29) is 6.10 Å². The Kier molecular flexibility index (Phi) is 6.44. The summed E-state index contributed by atoms with van der Waals surface area (Å²) >= 11 is 3.08. The maximum atomic E-state index is 10.2. The Bertz CT molecular complexity index is 647. The first-order valence-electron chi connectivity index (χ1n) is 8.08. The molecule has 2 heterocycles. The minimum absolute atomic E-state index is 0.333. The van der Waals surface area contributed by atoms with Gasteiger partial charge >= 0.3 is 0 Å². The summed E-state index contributed by atoms with van der Waals surface area (Å²) in [6.45, 7) is 6.36. The number of rotatable bonds is 7. The summed E-state index contributed by atoms with van der Waals surface area (Å²) in [6, 6.07) is 8.16. The standard InChI is InChI=1S/C16H22N4O2S2/c1-12-3-2-4-13(9-12)17-15-18-19-16(24-15)23-11-14(21)10-20-5-7-22-8-6-20/h2-4,9,14,21H,5-8,10-11H2,1H3,(H,17,18)/p+1/t14-/m0/s1. The molecule has 1 aliphatic heterocycles. The number of thioether (sulfide) groups is 1. The second kappa shape index (κ2) is 8.77. The molecular formula is C16H23N4O2S2+. The summed E-state index contributed by atoms with van der Waals surface area (Å²) in [4.78, 5) is 1.41. The second-order valence-corrected chi connectivity index (χ2v) is 8.14. The van der Waals surface area contributed by atoms with E-state index in [9.17, 15) is 5.11 Å². The fourth-order valence-corrected chi connectivity index (χ4v) is 4.31. The predicted octanol–water partition coefficient (Wildman–Crippen LogP) is 0.958. The van der Waals surface area contributed by atoms with E-state index in [0.29, 0.717) is 5.75 Å². The molecule has 1 aromatic heterocycles. The van der Waals surface area contributed by atoms with Crippen LogP contribution >= 0.6 is 23.1 Å². The summed E-state index contributed by atoms with van der Waals surface area (Å²) in [7, 11) is 0. The third-order valence-electron chi connectivity index (χ3n) is 3.80. The Morgan fingerprint density at radius 3 is 3.00 bits per heavy atom. The van der Waals surface area contributed by atoms with E-state index in [1.54, 1.807) is 11.8 Å². The predicted molar refractivity (Wildman–Crippen MR) is 97.5 cm³/mol. The molecule has 2 aromatic rings. The number of aliphatic hydroxyl groups excluding tert-OH is 1. The van der Waals surface area contributed by atoms with Gasteiger partial charge in [0.15, 0.2) is 4.34 Å². The normalized spacial score (nSPS) is 16.9. The number of morpholine rings is 1. The van der Waals surface area contributed by atoms with Gasteiger partial charge in [-0.15, -0.1) is 10.2 Å². The Morgan fingerprint density at radius 1 is 1.38 bits per heavy atom. The number of hydrogen-bond donors (Lipinski definition) is 3. The first-order valence-corrected chi connectivity index (χ1v) is 9.88. The van der Waals surface area contributed by atoms with Crippen molar-refractivity contribution >= 4 is 33.9 Å². The molecule has 0 saturated carbocycles. The summed E-state index contributed by atoms with van der Waals surface area (Å²) < 4.78 is 6.21. The van der Waals surface area contributed by atoms with Gasteiger partial charge in [-0.05, 0) is 24.6 Å². The molecule has 0 bridgehead atoms. The number of nitrogens with zero attached hydrogens (tertiary/aromatic N) is 2. The van der Waals surface area contributed by atoms with E-state index in [1.165, 1.54) is 21.8 Å². The molecule has 0 aliphatic carbocycles. The fraction of sp³-hybridized carbons (Fsp3) is 0.500. The van der Waals surface area contributed by atoms with Gasteiger partial charge in [-0.1, -0.05) is 35.2 Å². The quantitative estimate of drug-likeness (QED) is 0.633. The summed E-state index contributed by atoms with van der Waals surface area (Å²) in [5.41, 5.74) is 2.21. The number of aromatic nitrogens is 2. The molecule has 3 rings (SSSR count). The Hall–Kier alpha value is -1.19. The first kappa shape index (κ1) is 17.6. The number of hydrogen-bond acceptors (Lipinski definition) is 7. The highest BCUT2D eigenvalue weighted by Gasteiger charge is 2.19. The van der Waals surface area contributed by atoms with Crippen LogP contribution in [0, 0.1) is 6.92 Å². The number of benzene rings is 1. The average Bonchev–Trinajstić information content (AvgIpc) is 3.01. The number of anilines is 2. The lowest BCUT2D eigenvalue weighted by molar-refractivity contribution is -0.910. The minimum atomic E-state index is -0.333. The van der Waals surface area contributed by atoms with Crippen LogP contribution in [0.4, 0.5) is 10.8 Å². The van der Waals surface area contributed by atoms with Gasteiger partial charge in [0.1, 0.15) is 25.7 Å². The monoisotopic (exact) mass is 367 g/mol. The lowest BCUT2D eigenvalue weighted by Gasteiger charge is -2.25. The van der Waals surface area contributed by atoms with Crippen LogP contribution < -0.4 is 10.2 Å². The zero-order chi connectivity index (χ0) is 16.8. The van der Waals surface area contributed by atoms with Crippen molar-refractivity contribution in [3.8, 4) is 0 Å². The highest BCUT2D eigenvalue weighted by molar-refractivity contribution is 8.01. The van der Waals surface area contributed by atoms with Crippen molar-refractivity contribution in [1.29, 1.82) is 0 Å². The molecule has 0 spiro atoms. The third-order valence-corrected chi connectivity index (χ3v) is 5.92. The van der Waals surface area contributed by atoms with Gasteiger partial charge in [-0.2, -0.15) is 0 Å². The lowest BCUT2D eigenvalue weighted by atomic mass is 10.2. The molecule has 0 amide bonds. The van der Waals surface area contributed by atoms with Gasteiger partial charge in [0, 0.05) is 11.4 Å². The molecule has 1 atom stereocenters. The van der Waals surface area contributed by atoms with Crippen LogP contribution in [-0.2, 0) is 4.74 Å². The topological polar surface area (TPSA) is 71.7 Å². The van der Waals surface area contributed by atoms with E-state index >= 15 is 0 Å². The van der Waals surface area contributed by atoms with Gasteiger partial charge < -0.3 is 20.1 Å². The smallest absolute Gasteiger partial charge is 0.210 e. The maximum Gasteiger partial charge on any atom is 0.210 e. The zero-order valence-corrected chi connectivity index (χ0v) is 15.3. The Labute approximate surface area is 150 Å². The van der Waals surface area contributed by atoms with Crippen molar-refractivity contribution in [1.82, 2.24) is 10.2 Å². The second-order valence-electron chi connectivity index (χ2n) is 5.90. The summed E-state index contributed by atoms with van der Waals surface area (Å²) in [6.07, 6.45) is -0.333. The minimum Gasteiger partial charge on any atom is -0.386 e. The van der Waals surface area contributed by atoms with Crippen molar-refractivity contribution < 1.29 is 14.7 Å². The number of aliphatic hydroxyl groups is 1. The summed E-state index contributed by atoms with van der Waals surface area (Å²) in [5, 5.41) is 22.6. The van der Waals surface area contributed by atoms with E-state index in [1.807, 2.05) is 12.1 Å². The van der Waals surface area contributed by atoms with E-state index < -0.39 is 0 Å². The van der Waals surface area contributed by atoms with Gasteiger partial charge in [-0.25, -0.2) is 0 Å². The lowest BCUT2D eigenvalue weighted by Crippen LogP contribution is -3.15. The highest BCUT2D eigenvalue weighted by Crippen LogP contribution is 2.28. The van der Waals surface area contributed by atoms with Crippen molar-refractivity contribution in [3.05, 3.63) is 29.8 Å². The van der Waals surface area contributed by atoms with Gasteiger partial charge in [-0.3, -0.25) is 0 Å². The van der Waals surface area contributed by atoms with Gasteiger partial charge in [0.2, 0.25) is 5.13 Å². The van der Waals surface area contributed by atoms with Crippen molar-refractivity contribution in [2.75, 3.05) is 43.9 Å². The van der Waals surface area contributed by atoms with E-state index in [0.717, 1.165) is 48.0 Å². The van der Waals surface area contributed by atoms with E-state index in [4.69, 9.17) is 4.74 Å². The van der Waals surface area contributed by atoms with Crippen molar-refractivity contribution in [2.45, 2.75) is 17.4 Å². The molecule has 8 heteroatoms. The molecule has 3 N–H and O–H groups in total. The molecule has 130 valence electrons. The van der Waals surface area contributed by atoms with Crippen LogP contribution in [0.2, 0.25) is 0 Å². The molecule has 0 unspecified atom stereocenters. The van der Waals surface area contributed by atoms with E-state index in [2.05, 4.69) is 34.6 Å². The SMILES string of the molecule is Cc1cccc(Nc2nnc(SC[C@@H](O)C[NH+]3CCOCC3)s2)c1. The molecule has 1 fully saturated rings. The van der Waals surface area contributed by atoms with Crippen LogP contribution in [0.25, 0.3) is 0 Å². The molecular weight excluding hydrogens is 344 g/mol. The Balaban J connectivity index is 1.45. The molecule has 6 nitrogen and oxygen atoms in total. The third kappa shape index (κ3) is 5.42. The van der Waals surface area contributed by atoms with Crippen LogP contribution in [0.3, 0.4) is 0 Å². The average molecular weight is 368 g/mol. The van der Waals surface area contributed by atoms with Crippen LogP contribution in [0.15, 0.2) is 28.6 Å².